The molecule has 0 radical (unpaired) electrons. The Labute approximate surface area is 475 Å². The van der Waals surface area contributed by atoms with Gasteiger partial charge in [-0.25, -0.2) is 0 Å². The molecule has 9 unspecified atom stereocenters. The number of amides is 1. The highest BCUT2D eigenvalue weighted by Crippen LogP contribution is 2.24. The van der Waals surface area contributed by atoms with Crippen LogP contribution in [0.4, 0.5) is 0 Å². The van der Waals surface area contributed by atoms with Gasteiger partial charge >= 0.3 is 0 Å². The van der Waals surface area contributed by atoms with Crippen LogP contribution >= 0.6 is 0 Å². The zero-order valence-electron chi connectivity index (χ0n) is 50.7. The summed E-state index contributed by atoms with van der Waals surface area (Å²) >= 11 is 0. The maximum Gasteiger partial charge on any atom is 0.249 e. The second-order valence-corrected chi connectivity index (χ2v) is 24.3. The minimum absolute atomic E-state index is 0.268. The molecule has 0 aromatic heterocycles. The van der Waals surface area contributed by atoms with Crippen molar-refractivity contribution >= 4 is 5.91 Å². The van der Waals surface area contributed by atoms with E-state index in [1.54, 1.807) is 0 Å². The lowest BCUT2D eigenvalue weighted by atomic mass is 9.98. The minimum Gasteiger partial charge on any atom is -0.394 e. The first-order valence-electron chi connectivity index (χ1n) is 33.9. The van der Waals surface area contributed by atoms with Gasteiger partial charge < -0.3 is 50.5 Å². The fourth-order valence-electron chi connectivity index (χ4n) is 11.4. The zero-order chi connectivity index (χ0) is 56.1. The van der Waals surface area contributed by atoms with E-state index in [2.05, 4.69) is 19.2 Å². The van der Waals surface area contributed by atoms with E-state index in [4.69, 9.17) is 9.47 Å². The van der Waals surface area contributed by atoms with Crippen molar-refractivity contribution in [2.45, 2.75) is 403 Å². The second-order valence-electron chi connectivity index (χ2n) is 24.3. The molecule has 0 aliphatic carbocycles. The molecule has 1 amide bonds. The molecule has 1 heterocycles. The summed E-state index contributed by atoms with van der Waals surface area (Å²) in [5, 5.41) is 76.4. The maximum atomic E-state index is 13.2. The van der Waals surface area contributed by atoms with Crippen molar-refractivity contribution < 1.29 is 50.0 Å². The third-order valence-electron chi connectivity index (χ3n) is 16.9. The molecule has 1 rings (SSSR count). The summed E-state index contributed by atoms with van der Waals surface area (Å²) in [5.74, 6) is -0.687. The van der Waals surface area contributed by atoms with Crippen LogP contribution in [-0.4, -0.2) is 110 Å². The average molecular weight is 1100 g/mol. The van der Waals surface area contributed by atoms with E-state index in [9.17, 15) is 40.5 Å². The summed E-state index contributed by atoms with van der Waals surface area (Å²) in [4.78, 5) is 13.2. The highest BCUT2D eigenvalue weighted by atomic mass is 16.7. The van der Waals surface area contributed by atoms with Crippen molar-refractivity contribution in [1.82, 2.24) is 5.32 Å². The number of nitrogens with one attached hydrogen (secondary N) is 1. The Kier molecular flexibility index (Phi) is 53.6. The first-order chi connectivity index (χ1) is 37.7. The van der Waals surface area contributed by atoms with Crippen LogP contribution in [0.5, 0.6) is 0 Å². The van der Waals surface area contributed by atoms with Crippen LogP contribution in [0.1, 0.15) is 348 Å². The van der Waals surface area contributed by atoms with Crippen molar-refractivity contribution in [3.63, 3.8) is 0 Å². The summed E-state index contributed by atoms with van der Waals surface area (Å²) in [6.45, 7) is 3.52. The van der Waals surface area contributed by atoms with Gasteiger partial charge in [-0.1, -0.05) is 335 Å². The molecule has 11 nitrogen and oxygen atoms in total. The lowest BCUT2D eigenvalue weighted by Crippen LogP contribution is -2.60. The normalized spacial score (nSPS) is 19.4. The van der Waals surface area contributed by atoms with Gasteiger partial charge in [-0.3, -0.25) is 4.79 Å². The number of ether oxygens (including phenoxy) is 2. The molecule has 1 aliphatic rings. The highest BCUT2D eigenvalue weighted by Gasteiger charge is 2.44. The largest absolute Gasteiger partial charge is 0.394 e. The minimum atomic E-state index is -1.66. The fraction of sp³-hybridized carbons (Fsp3) is 0.985. The molecule has 0 saturated carbocycles. The number of hydrogen-bond acceptors (Lipinski definition) is 10. The number of carbonyl (C=O) groups is 1. The number of rotatable bonds is 60. The number of aliphatic hydroxyl groups is 7. The number of aliphatic hydroxyl groups excluding tert-OH is 7. The standard InChI is InChI=1S/C66H131NO10/c1-3-5-7-9-11-13-15-17-19-21-23-25-26-27-28-29-30-31-32-33-34-36-38-40-42-44-46-48-50-52-54-59(70)65(75)67-57(56-76-66-64(74)63(73)62(72)60(55-68)77-66)61(71)58(69)53-51-49-47-45-43-41-39-37-35-24-22-20-18-16-14-12-10-8-6-4-2/h57-64,66,68-74H,3-56H2,1-2H3,(H,67,75). The molecule has 0 bridgehead atoms. The Balaban J connectivity index is 2.18. The number of carbonyl (C=O) groups excluding carboxylic acids is 1. The predicted molar refractivity (Wildman–Crippen MR) is 321 cm³/mol. The van der Waals surface area contributed by atoms with E-state index in [1.165, 1.54) is 270 Å². The molecule has 1 saturated heterocycles. The molecule has 9 atom stereocenters. The average Bonchev–Trinajstić information content (AvgIpc) is 3.43. The van der Waals surface area contributed by atoms with E-state index in [-0.39, 0.29) is 6.42 Å². The smallest absolute Gasteiger partial charge is 0.249 e. The Morgan fingerprint density at radius 2 is 0.675 bits per heavy atom. The molecule has 1 aliphatic heterocycles. The third kappa shape index (κ3) is 43.5. The first-order valence-corrected chi connectivity index (χ1v) is 33.9. The second kappa shape index (κ2) is 55.6. The van der Waals surface area contributed by atoms with Gasteiger partial charge in [0.1, 0.15) is 36.6 Å². The molecule has 0 spiro atoms. The fourth-order valence-corrected chi connectivity index (χ4v) is 11.4. The summed E-state index contributed by atoms with van der Waals surface area (Å²) in [6, 6.07) is -1.16. The van der Waals surface area contributed by atoms with Crippen LogP contribution in [0.25, 0.3) is 0 Å². The van der Waals surface area contributed by atoms with Crippen LogP contribution in [0.2, 0.25) is 0 Å². The Morgan fingerprint density at radius 3 is 0.961 bits per heavy atom. The van der Waals surface area contributed by atoms with E-state index in [0.717, 1.165) is 38.5 Å². The van der Waals surface area contributed by atoms with Crippen LogP contribution in [0.3, 0.4) is 0 Å². The van der Waals surface area contributed by atoms with Crippen LogP contribution in [0.15, 0.2) is 0 Å². The van der Waals surface area contributed by atoms with E-state index in [0.29, 0.717) is 19.3 Å². The Morgan fingerprint density at radius 1 is 0.403 bits per heavy atom. The molecule has 77 heavy (non-hydrogen) atoms. The molecule has 460 valence electrons. The van der Waals surface area contributed by atoms with E-state index < -0.39 is 74.2 Å². The maximum absolute atomic E-state index is 13.2. The van der Waals surface area contributed by atoms with Crippen LogP contribution in [-0.2, 0) is 14.3 Å². The lowest BCUT2D eigenvalue weighted by Gasteiger charge is -2.40. The Bertz CT molecular complexity index is 1210. The number of unbranched alkanes of at least 4 members (excludes halogenated alkanes) is 48. The highest BCUT2D eigenvalue weighted by molar-refractivity contribution is 5.80. The van der Waals surface area contributed by atoms with Gasteiger partial charge in [0.15, 0.2) is 6.29 Å². The van der Waals surface area contributed by atoms with Crippen molar-refractivity contribution in [2.75, 3.05) is 13.2 Å². The Hall–Kier alpha value is -0.890. The van der Waals surface area contributed by atoms with Gasteiger partial charge in [-0.2, -0.15) is 0 Å². The molecular formula is C66H131NO10. The molecule has 1 fully saturated rings. The van der Waals surface area contributed by atoms with Gasteiger partial charge in [0.25, 0.3) is 0 Å². The molecule has 0 aromatic rings. The number of hydrogen-bond donors (Lipinski definition) is 8. The van der Waals surface area contributed by atoms with Gasteiger partial charge in [0.05, 0.1) is 25.4 Å². The summed E-state index contributed by atoms with van der Waals surface area (Å²) < 4.78 is 11.2. The summed E-state index contributed by atoms with van der Waals surface area (Å²) in [6.07, 6.45) is 54.6. The van der Waals surface area contributed by atoms with E-state index >= 15 is 0 Å². The van der Waals surface area contributed by atoms with Gasteiger partial charge in [-0.05, 0) is 12.8 Å². The molecule has 8 N–H and O–H groups in total. The van der Waals surface area contributed by atoms with Crippen molar-refractivity contribution in [3.8, 4) is 0 Å². The first kappa shape index (κ1) is 74.1. The molecule has 11 heteroatoms. The van der Waals surface area contributed by atoms with Crippen molar-refractivity contribution in [3.05, 3.63) is 0 Å². The van der Waals surface area contributed by atoms with Gasteiger partial charge in [0.2, 0.25) is 5.91 Å². The quantitative estimate of drug-likeness (QED) is 0.0272. The van der Waals surface area contributed by atoms with Crippen LogP contribution < -0.4 is 5.32 Å². The SMILES string of the molecule is CCCCCCCCCCCCCCCCCCCCCCCCCCCCCCCCC(O)C(=O)NC(COC1OC(CO)C(O)C(O)C1O)C(O)C(O)CCCCCCCCCCCCCCCCCCCCCC. The zero-order valence-corrected chi connectivity index (χ0v) is 50.7. The summed E-state index contributed by atoms with van der Waals surface area (Å²) in [5.41, 5.74) is 0. The van der Waals surface area contributed by atoms with Crippen molar-refractivity contribution in [1.29, 1.82) is 0 Å². The van der Waals surface area contributed by atoms with Gasteiger partial charge in [0, 0.05) is 0 Å². The monoisotopic (exact) mass is 1100 g/mol. The predicted octanol–water partition coefficient (Wildman–Crippen LogP) is 15.7. The topological polar surface area (TPSA) is 189 Å². The van der Waals surface area contributed by atoms with Crippen LogP contribution in [0, 0.1) is 0 Å². The molecule has 0 aromatic carbocycles. The lowest BCUT2D eigenvalue weighted by molar-refractivity contribution is -0.303. The third-order valence-corrected chi connectivity index (χ3v) is 16.9. The van der Waals surface area contributed by atoms with Gasteiger partial charge in [-0.15, -0.1) is 0 Å². The van der Waals surface area contributed by atoms with E-state index in [1.807, 2.05) is 0 Å². The molecular weight excluding hydrogens is 967 g/mol. The summed E-state index contributed by atoms with van der Waals surface area (Å²) in [7, 11) is 0. The van der Waals surface area contributed by atoms with Crippen molar-refractivity contribution in [2.24, 2.45) is 0 Å².